The van der Waals surface area contributed by atoms with Gasteiger partial charge in [0.2, 0.25) is 0 Å². The van der Waals surface area contributed by atoms with Crippen LogP contribution in [0.2, 0.25) is 0 Å². The number of aromatic nitrogens is 8. The number of thioether (sulfide) groups is 2. The number of fused-ring (bicyclic) bond motifs is 2. The van der Waals surface area contributed by atoms with Crippen LogP contribution in [0, 0.1) is 11.6 Å². The third-order valence-corrected chi connectivity index (χ3v) is 13.7. The van der Waals surface area contributed by atoms with E-state index in [4.69, 9.17) is 20.2 Å². The van der Waals surface area contributed by atoms with E-state index in [1.807, 2.05) is 53.9 Å². The lowest BCUT2D eigenvalue weighted by Gasteiger charge is -2.28. The monoisotopic (exact) mass is 914 g/mol. The summed E-state index contributed by atoms with van der Waals surface area (Å²) in [5.74, 6) is 0.218. The Labute approximate surface area is 382 Å². The van der Waals surface area contributed by atoms with E-state index in [0.29, 0.717) is 56.3 Å². The Morgan fingerprint density at radius 3 is 1.55 bits per heavy atom. The average Bonchev–Trinajstić information content (AvgIpc) is 4.03. The summed E-state index contributed by atoms with van der Waals surface area (Å²) in [7, 11) is 2.16. The van der Waals surface area contributed by atoms with Crippen LogP contribution in [-0.4, -0.2) is 98.3 Å². The molecule has 2 aliphatic rings. The summed E-state index contributed by atoms with van der Waals surface area (Å²) in [6.07, 6.45) is 11.5. The molecule has 0 radical (unpaired) electrons. The van der Waals surface area contributed by atoms with Gasteiger partial charge in [-0.05, 0) is 120 Å². The van der Waals surface area contributed by atoms with Crippen molar-refractivity contribution in [1.82, 2.24) is 49.7 Å². The zero-order chi connectivity index (χ0) is 44.7. The summed E-state index contributed by atoms with van der Waals surface area (Å²) >= 11 is 3.65. The smallest absolute Gasteiger partial charge is 0.148 e. The normalized spacial score (nSPS) is 15.0. The predicted octanol–water partition coefficient (Wildman–Crippen LogP) is 8.41. The van der Waals surface area contributed by atoms with Gasteiger partial charge >= 0.3 is 0 Å². The Bertz CT molecular complexity index is 2900. The summed E-state index contributed by atoms with van der Waals surface area (Å²) in [5, 5.41) is 41.3. The maximum atomic E-state index is 14.8. The minimum Gasteiger partial charge on any atom is -0.390 e. The first-order valence-electron chi connectivity index (χ1n) is 21.5. The number of hydrogen-bond donors (Lipinski definition) is 5. The number of piperidine rings is 2. The first-order chi connectivity index (χ1) is 31.7. The minimum absolute atomic E-state index is 0.158. The first-order valence-corrected chi connectivity index (χ1v) is 23.2. The van der Waals surface area contributed by atoms with Crippen molar-refractivity contribution in [2.75, 3.05) is 43.9 Å². The number of aliphatic hydroxyl groups excluding tert-OH is 2. The molecule has 2 aliphatic heterocycles. The molecule has 14 nitrogen and oxygen atoms in total. The highest BCUT2D eigenvalue weighted by Gasteiger charge is 2.19. The molecule has 6 aromatic heterocycles. The second-order valence-electron chi connectivity index (χ2n) is 15.9. The lowest BCUT2D eigenvalue weighted by Crippen LogP contribution is -2.31. The third kappa shape index (κ3) is 11.1. The van der Waals surface area contributed by atoms with E-state index in [1.165, 1.54) is 34.3 Å². The van der Waals surface area contributed by atoms with Gasteiger partial charge in [-0.2, -0.15) is 10.2 Å². The van der Waals surface area contributed by atoms with Gasteiger partial charge in [0.05, 0.1) is 68.4 Å². The highest BCUT2D eigenvalue weighted by atomic mass is 32.2. The number of likely N-dealkylation sites (tertiary alicyclic amines) is 1. The van der Waals surface area contributed by atoms with E-state index < -0.39 is 11.6 Å². The Hall–Kier alpha value is -6.02. The van der Waals surface area contributed by atoms with Crippen LogP contribution < -0.4 is 16.0 Å². The zero-order valence-corrected chi connectivity index (χ0v) is 37.2. The molecular formula is C47H48F2N12O2S2. The van der Waals surface area contributed by atoms with E-state index in [2.05, 4.69) is 54.1 Å². The van der Waals surface area contributed by atoms with Crippen LogP contribution in [0.1, 0.15) is 37.1 Å². The van der Waals surface area contributed by atoms with E-state index in [0.717, 1.165) is 70.9 Å². The van der Waals surface area contributed by atoms with Gasteiger partial charge in [-0.1, -0.05) is 0 Å². The number of benzene rings is 2. The molecular weight excluding hydrogens is 867 g/mol. The molecule has 0 aliphatic carbocycles. The van der Waals surface area contributed by atoms with Gasteiger partial charge in [-0.25, -0.2) is 38.1 Å². The van der Waals surface area contributed by atoms with Crippen molar-refractivity contribution < 1.29 is 19.0 Å². The van der Waals surface area contributed by atoms with Crippen molar-refractivity contribution in [3.63, 3.8) is 0 Å². The lowest BCUT2D eigenvalue weighted by molar-refractivity contribution is 0.276. The Kier molecular flexibility index (Phi) is 13.9. The molecule has 0 atom stereocenters. The number of rotatable bonds is 12. The van der Waals surface area contributed by atoms with Gasteiger partial charge in [0.15, 0.2) is 0 Å². The third-order valence-electron chi connectivity index (χ3n) is 11.2. The maximum Gasteiger partial charge on any atom is 0.148 e. The number of nitrogens with one attached hydrogen (secondary N) is 3. The zero-order valence-electron chi connectivity index (χ0n) is 35.6. The quantitative estimate of drug-likeness (QED) is 0.0793. The molecule has 18 heteroatoms. The largest absolute Gasteiger partial charge is 0.390 e. The number of nitrogens with zero attached hydrogens (tertiary/aromatic N) is 9. The average molecular weight is 915 g/mol. The summed E-state index contributed by atoms with van der Waals surface area (Å²) in [5.41, 5.74) is 4.48. The molecule has 334 valence electrons. The predicted molar refractivity (Wildman–Crippen MR) is 253 cm³/mol. The highest BCUT2D eigenvalue weighted by molar-refractivity contribution is 8.00. The minimum atomic E-state index is -0.423. The van der Waals surface area contributed by atoms with Gasteiger partial charge < -0.3 is 31.1 Å². The summed E-state index contributed by atoms with van der Waals surface area (Å²) in [4.78, 5) is 20.8. The van der Waals surface area contributed by atoms with Crippen LogP contribution in [0.25, 0.3) is 33.2 Å². The molecule has 5 N–H and O–H groups in total. The fourth-order valence-corrected chi connectivity index (χ4v) is 9.77. The second-order valence-corrected chi connectivity index (χ2v) is 18.6. The van der Waals surface area contributed by atoms with E-state index >= 15 is 0 Å². The van der Waals surface area contributed by atoms with Gasteiger partial charge in [0, 0.05) is 70.3 Å². The molecule has 2 fully saturated rings. The number of pyridine rings is 4. The molecule has 8 heterocycles. The van der Waals surface area contributed by atoms with Crippen molar-refractivity contribution in [1.29, 1.82) is 0 Å². The van der Waals surface area contributed by atoms with Crippen LogP contribution in [0.4, 0.5) is 31.8 Å². The van der Waals surface area contributed by atoms with Crippen LogP contribution in [-0.2, 0) is 13.2 Å². The molecule has 10 rings (SSSR count). The number of halogens is 2. The SMILES string of the molecule is CN1CCC(Sc2ccc3cnc(Nc4ccc(-n5ccc(CO)n5)cc4F)cc3n2)CC1.OCc1ccn(-c2ccc(Nc3cc4nc(SC5CCNCC5)ccc4cn3)c(F)c2)n1. The topological polar surface area (TPSA) is 167 Å². The van der Waals surface area contributed by atoms with Crippen LogP contribution in [0.3, 0.4) is 0 Å². The lowest BCUT2D eigenvalue weighted by atomic mass is 10.1. The van der Waals surface area contributed by atoms with Crippen molar-refractivity contribution in [3.8, 4) is 11.4 Å². The summed E-state index contributed by atoms with van der Waals surface area (Å²) in [6, 6.07) is 24.8. The number of hydrogen-bond acceptors (Lipinski definition) is 14. The molecule has 2 saturated heterocycles. The molecule has 65 heavy (non-hydrogen) atoms. The fourth-order valence-electron chi connectivity index (χ4n) is 7.57. The van der Waals surface area contributed by atoms with Crippen molar-refractivity contribution in [2.24, 2.45) is 0 Å². The molecule has 0 bridgehead atoms. The van der Waals surface area contributed by atoms with E-state index in [-0.39, 0.29) is 13.2 Å². The fraction of sp³-hybridized carbons (Fsp3) is 0.277. The van der Waals surface area contributed by atoms with Gasteiger partial charge in [0.25, 0.3) is 0 Å². The van der Waals surface area contributed by atoms with Crippen molar-refractivity contribution >= 4 is 68.3 Å². The van der Waals surface area contributed by atoms with E-state index in [1.54, 1.807) is 61.2 Å². The summed E-state index contributed by atoms with van der Waals surface area (Å²) < 4.78 is 32.6. The van der Waals surface area contributed by atoms with Crippen LogP contribution in [0.5, 0.6) is 0 Å². The molecule has 2 aromatic carbocycles. The molecule has 8 aromatic rings. The Morgan fingerprint density at radius 1 is 0.631 bits per heavy atom. The van der Waals surface area contributed by atoms with E-state index in [9.17, 15) is 8.78 Å². The molecule has 0 unspecified atom stereocenters. The highest BCUT2D eigenvalue weighted by Crippen LogP contribution is 2.32. The molecule has 0 saturated carbocycles. The first kappa shape index (κ1) is 44.2. The maximum absolute atomic E-state index is 14.8. The second kappa shape index (κ2) is 20.4. The Morgan fingerprint density at radius 2 is 1.11 bits per heavy atom. The van der Waals surface area contributed by atoms with Crippen LogP contribution in [0.15, 0.2) is 120 Å². The van der Waals surface area contributed by atoms with Crippen LogP contribution >= 0.6 is 23.5 Å². The summed E-state index contributed by atoms with van der Waals surface area (Å²) in [6.45, 7) is 4.03. The Balaban J connectivity index is 0.000000164. The number of aliphatic hydroxyl groups is 2. The van der Waals surface area contributed by atoms with Crippen molar-refractivity contribution in [3.05, 3.63) is 133 Å². The molecule has 0 spiro atoms. The van der Waals surface area contributed by atoms with Gasteiger partial charge in [0.1, 0.15) is 23.3 Å². The van der Waals surface area contributed by atoms with Gasteiger partial charge in [-0.15, -0.1) is 23.5 Å². The van der Waals surface area contributed by atoms with Crippen molar-refractivity contribution in [2.45, 2.75) is 59.4 Å². The van der Waals surface area contributed by atoms with Gasteiger partial charge in [-0.3, -0.25) is 0 Å². The molecule has 0 amide bonds. The number of anilines is 4. The standard InChI is InChI=1S/C24H25FN6OS.C23H23FN6OS/c1-30-9-7-19(8-10-30)33-24-5-2-16-14-26-23(13-22(16)28-24)27-21-4-3-18(12-20(21)25)31-11-6-17(15-32)29-31;24-19-11-17(30-10-7-16(14-31)29-30)2-3-20(19)27-22-12-21-15(13-26-22)1-4-23(28-21)32-18-5-8-25-9-6-18/h2-6,11-14,19,32H,7-10,15H2,1H3,(H,26,27);1-4,7,10-13,18,25,31H,5-6,8-9,14H2,(H,26,27).